The number of thioether (sulfide) groups is 1. The van der Waals surface area contributed by atoms with Crippen molar-refractivity contribution in [2.24, 2.45) is 0 Å². The lowest BCUT2D eigenvalue weighted by atomic mass is 10.4. The molecule has 3 nitrogen and oxygen atoms in total. The second kappa shape index (κ2) is 5.68. The molecule has 5 heteroatoms. The van der Waals surface area contributed by atoms with Gasteiger partial charge >= 0.3 is 0 Å². The summed E-state index contributed by atoms with van der Waals surface area (Å²) in [5.74, 6) is 1.35. The first-order valence-corrected chi connectivity index (χ1v) is 5.85. The number of aromatic nitrogens is 1. The van der Waals surface area contributed by atoms with Crippen LogP contribution in [0, 0.1) is 11.3 Å². The van der Waals surface area contributed by atoms with Gasteiger partial charge in [-0.3, -0.25) is 0 Å². The molecule has 14 heavy (non-hydrogen) atoms. The Morgan fingerprint density at radius 1 is 1.79 bits per heavy atom. The van der Waals surface area contributed by atoms with Crippen molar-refractivity contribution in [3.63, 3.8) is 0 Å². The van der Waals surface area contributed by atoms with Crippen LogP contribution in [0.1, 0.15) is 12.5 Å². The first-order valence-electron chi connectivity index (χ1n) is 4.09. The van der Waals surface area contributed by atoms with E-state index in [0.29, 0.717) is 18.1 Å². The maximum absolute atomic E-state index is 8.91. The van der Waals surface area contributed by atoms with Crippen molar-refractivity contribution < 1.29 is 4.74 Å². The summed E-state index contributed by atoms with van der Waals surface area (Å²) in [5.41, 5.74) is 0.545. The maximum Gasteiger partial charge on any atom is 0.244 e. The second-order valence-corrected chi connectivity index (χ2v) is 4.60. The predicted octanol–water partition coefficient (Wildman–Crippen LogP) is 2.69. The molecule has 0 saturated heterocycles. The van der Waals surface area contributed by atoms with E-state index in [2.05, 4.69) is 17.0 Å². The molecule has 0 aromatic carbocycles. The van der Waals surface area contributed by atoms with Crippen LogP contribution in [0.3, 0.4) is 0 Å². The fourth-order valence-corrected chi connectivity index (χ4v) is 2.57. The van der Waals surface area contributed by atoms with Crippen molar-refractivity contribution in [3.8, 4) is 11.9 Å². The lowest BCUT2D eigenvalue weighted by Crippen LogP contribution is -1.94. The Bertz CT molecular complexity index is 354. The van der Waals surface area contributed by atoms with Gasteiger partial charge in [0.2, 0.25) is 5.88 Å². The van der Waals surface area contributed by atoms with E-state index >= 15 is 0 Å². The summed E-state index contributed by atoms with van der Waals surface area (Å²) in [4.78, 5) is 0. The maximum atomic E-state index is 8.91. The fourth-order valence-electron chi connectivity index (χ4n) is 0.821. The minimum Gasteiger partial charge on any atom is -0.472 e. The van der Waals surface area contributed by atoms with Crippen LogP contribution < -0.4 is 4.74 Å². The Hall–Kier alpha value is -0.990. The highest BCUT2D eigenvalue weighted by atomic mass is 32.2. The van der Waals surface area contributed by atoms with Crippen LogP contribution >= 0.6 is 23.3 Å². The number of nitriles is 1. The van der Waals surface area contributed by atoms with Gasteiger partial charge in [-0.2, -0.15) is 9.64 Å². The third-order valence-electron chi connectivity index (χ3n) is 1.35. The minimum absolute atomic E-state index is 0.384. The molecule has 0 saturated carbocycles. The number of nitrogens with zero attached hydrogens (tertiary/aromatic N) is 2. The molecule has 1 heterocycles. The van der Waals surface area contributed by atoms with Crippen molar-refractivity contribution in [2.75, 3.05) is 12.4 Å². The summed E-state index contributed by atoms with van der Waals surface area (Å²) >= 11 is 2.92. The van der Waals surface area contributed by atoms with E-state index in [0.717, 1.165) is 9.96 Å². The van der Waals surface area contributed by atoms with E-state index in [1.807, 2.05) is 6.92 Å². The van der Waals surface area contributed by atoms with Crippen LogP contribution in [-0.4, -0.2) is 16.7 Å². The van der Waals surface area contributed by atoms with Gasteiger partial charge in [-0.25, -0.2) is 0 Å². The number of hydrogen-bond acceptors (Lipinski definition) is 5. The molecule has 1 aromatic rings. The molecule has 1 rings (SSSR count). The third kappa shape index (κ3) is 2.50. The Morgan fingerprint density at radius 3 is 3.14 bits per heavy atom. The largest absolute Gasteiger partial charge is 0.472 e. The molecule has 0 aliphatic heterocycles. The summed E-state index contributed by atoms with van der Waals surface area (Å²) in [6, 6.07) is 2.11. The van der Waals surface area contributed by atoms with Crippen LogP contribution in [0.4, 0.5) is 0 Å². The molecular formula is C9H10N2OS2. The SMILES string of the molecule is C=CCOc1nsc(SCC)c1C#N. The average molecular weight is 226 g/mol. The standard InChI is InChI=1S/C9H10N2OS2/c1-3-5-12-8-7(6-10)9(13-4-2)14-11-8/h3H,1,4-5H2,2H3. The summed E-state index contributed by atoms with van der Waals surface area (Å²) in [5, 5.41) is 8.91. The molecule has 0 aliphatic carbocycles. The highest BCUT2D eigenvalue weighted by molar-refractivity contribution is 8.01. The molecule has 1 aromatic heterocycles. The van der Waals surface area contributed by atoms with Gasteiger partial charge in [-0.15, -0.1) is 11.8 Å². The molecule has 0 spiro atoms. The first-order chi connectivity index (χ1) is 6.83. The molecule has 0 unspecified atom stereocenters. The zero-order valence-corrected chi connectivity index (χ0v) is 9.45. The predicted molar refractivity (Wildman–Crippen MR) is 58.9 cm³/mol. The molecule has 0 N–H and O–H groups in total. The Balaban J connectivity index is 2.84. The molecule has 0 atom stereocenters. The van der Waals surface area contributed by atoms with E-state index in [-0.39, 0.29) is 0 Å². The van der Waals surface area contributed by atoms with Gasteiger partial charge in [0, 0.05) is 0 Å². The molecule has 0 amide bonds. The van der Waals surface area contributed by atoms with E-state index in [9.17, 15) is 0 Å². The first kappa shape index (κ1) is 11.1. The Morgan fingerprint density at radius 2 is 2.57 bits per heavy atom. The number of rotatable bonds is 5. The minimum atomic E-state index is 0.384. The Labute approximate surface area is 91.6 Å². The van der Waals surface area contributed by atoms with Gasteiger partial charge in [0.25, 0.3) is 0 Å². The smallest absolute Gasteiger partial charge is 0.244 e. The topological polar surface area (TPSA) is 45.9 Å². The summed E-state index contributed by atoms with van der Waals surface area (Å²) in [6.45, 7) is 5.96. The van der Waals surface area contributed by atoms with Crippen LogP contribution in [0.2, 0.25) is 0 Å². The monoisotopic (exact) mass is 226 g/mol. The van der Waals surface area contributed by atoms with Crippen LogP contribution in [0.25, 0.3) is 0 Å². The van der Waals surface area contributed by atoms with Gasteiger partial charge in [0.1, 0.15) is 22.4 Å². The van der Waals surface area contributed by atoms with Crippen molar-refractivity contribution in [1.82, 2.24) is 4.37 Å². The van der Waals surface area contributed by atoms with E-state index in [4.69, 9.17) is 10.00 Å². The highest BCUT2D eigenvalue weighted by Gasteiger charge is 2.14. The zero-order chi connectivity index (χ0) is 10.4. The van der Waals surface area contributed by atoms with Crippen LogP contribution in [0.15, 0.2) is 16.9 Å². The molecule has 0 aliphatic rings. The summed E-state index contributed by atoms with van der Waals surface area (Å²) in [6.07, 6.45) is 1.63. The van der Waals surface area contributed by atoms with E-state index < -0.39 is 0 Å². The molecule has 0 fully saturated rings. The van der Waals surface area contributed by atoms with E-state index in [1.165, 1.54) is 11.5 Å². The average Bonchev–Trinajstić information content (AvgIpc) is 2.58. The molecule has 74 valence electrons. The summed E-state index contributed by atoms with van der Waals surface area (Å²) in [7, 11) is 0. The van der Waals surface area contributed by atoms with Crippen LogP contribution in [-0.2, 0) is 0 Å². The fraction of sp³-hybridized carbons (Fsp3) is 0.333. The second-order valence-electron chi connectivity index (χ2n) is 2.29. The normalized spacial score (nSPS) is 9.43. The Kier molecular flexibility index (Phi) is 4.50. The van der Waals surface area contributed by atoms with Crippen molar-refractivity contribution in [3.05, 3.63) is 18.2 Å². The lowest BCUT2D eigenvalue weighted by Gasteiger charge is -1.97. The van der Waals surface area contributed by atoms with Gasteiger partial charge < -0.3 is 4.74 Å². The van der Waals surface area contributed by atoms with Crippen molar-refractivity contribution in [2.45, 2.75) is 11.1 Å². The summed E-state index contributed by atoms with van der Waals surface area (Å²) < 4.78 is 10.2. The zero-order valence-electron chi connectivity index (χ0n) is 7.82. The molecule has 0 radical (unpaired) electrons. The van der Waals surface area contributed by atoms with E-state index in [1.54, 1.807) is 17.8 Å². The quantitative estimate of drug-likeness (QED) is 0.572. The lowest BCUT2D eigenvalue weighted by molar-refractivity contribution is 0.351. The molecular weight excluding hydrogens is 216 g/mol. The molecule has 0 bridgehead atoms. The number of hydrogen-bond donors (Lipinski definition) is 0. The highest BCUT2D eigenvalue weighted by Crippen LogP contribution is 2.32. The number of ether oxygens (including phenoxy) is 1. The van der Waals surface area contributed by atoms with Gasteiger partial charge in [0.05, 0.1) is 0 Å². The third-order valence-corrected chi connectivity index (χ3v) is 3.31. The van der Waals surface area contributed by atoms with Gasteiger partial charge in [-0.1, -0.05) is 19.6 Å². The van der Waals surface area contributed by atoms with Crippen molar-refractivity contribution in [1.29, 1.82) is 5.26 Å². The van der Waals surface area contributed by atoms with Gasteiger partial charge in [0.15, 0.2) is 0 Å². The van der Waals surface area contributed by atoms with Crippen LogP contribution in [0.5, 0.6) is 5.88 Å². The van der Waals surface area contributed by atoms with Crippen molar-refractivity contribution >= 4 is 23.3 Å². The van der Waals surface area contributed by atoms with Gasteiger partial charge in [-0.05, 0) is 17.3 Å².